The lowest BCUT2D eigenvalue weighted by Crippen LogP contribution is -2.31. The van der Waals surface area contributed by atoms with Crippen molar-refractivity contribution in [2.45, 2.75) is 13.0 Å². The molecule has 0 N–H and O–H groups in total. The summed E-state index contributed by atoms with van der Waals surface area (Å²) in [6, 6.07) is 5.41. The van der Waals surface area contributed by atoms with Gasteiger partial charge in [-0.3, -0.25) is 9.78 Å². The van der Waals surface area contributed by atoms with E-state index in [1.54, 1.807) is 37.4 Å². The summed E-state index contributed by atoms with van der Waals surface area (Å²) in [6.07, 6.45) is 8.48. The van der Waals surface area contributed by atoms with Gasteiger partial charge in [0.1, 0.15) is 11.9 Å². The molecule has 2 atom stereocenters. The minimum absolute atomic E-state index is 0.0325. The lowest BCUT2D eigenvalue weighted by atomic mass is 9.89. The first kappa shape index (κ1) is 18.3. The number of pyridine rings is 1. The number of Topliss-reactive ketones (excluding diaryl/α,β-unsaturated/α-hetero) is 1. The second-order valence-electron chi connectivity index (χ2n) is 4.59. The van der Waals surface area contributed by atoms with Crippen molar-refractivity contribution in [2.75, 3.05) is 0 Å². The Balaban J connectivity index is 0.000000379. The molecular weight excluding hydrogens is 293 g/mol. The number of hydrogen-bond acceptors (Lipinski definition) is 3. The lowest BCUT2D eigenvalue weighted by molar-refractivity contribution is -0.119. The number of hydrogen-bond donors (Lipinski definition) is 0. The van der Waals surface area contributed by atoms with E-state index in [0.29, 0.717) is 11.3 Å². The van der Waals surface area contributed by atoms with E-state index >= 15 is 0 Å². The van der Waals surface area contributed by atoms with Gasteiger partial charge in [-0.15, -0.1) is 6.58 Å². The van der Waals surface area contributed by atoms with Crippen LogP contribution in [0.5, 0.6) is 0 Å². The highest BCUT2D eigenvalue weighted by molar-refractivity contribution is 6.22. The number of rotatable bonds is 4. The van der Waals surface area contributed by atoms with Gasteiger partial charge in [0.15, 0.2) is 5.78 Å². The Hall–Kier alpha value is -2.75. The minimum atomic E-state index is -0.394. The van der Waals surface area contributed by atoms with Crippen LogP contribution in [0.3, 0.4) is 0 Å². The smallest absolute Gasteiger partial charge is 0.179 e. The number of aromatic nitrogens is 1. The molecule has 120 valence electrons. The predicted octanol–water partition coefficient (Wildman–Crippen LogP) is 4.42. The summed E-state index contributed by atoms with van der Waals surface area (Å²) in [5.74, 6) is -0.695. The Bertz CT molecular complexity index is 632. The Kier molecular flexibility index (Phi) is 7.40. The second-order valence-corrected chi connectivity index (χ2v) is 4.59. The number of nitrogens with zero attached hydrogens (tertiary/aromatic N) is 1. The van der Waals surface area contributed by atoms with E-state index in [1.165, 1.54) is 18.4 Å². The number of halogens is 1. The van der Waals surface area contributed by atoms with E-state index in [2.05, 4.69) is 24.7 Å². The average molecular weight is 313 g/mol. The molecule has 3 nitrogen and oxygen atoms in total. The number of carbonyl (C=O) groups excluding carboxylic acids is 1. The first-order chi connectivity index (χ1) is 11.1. The van der Waals surface area contributed by atoms with Crippen molar-refractivity contribution in [3.8, 4) is 0 Å². The largest absolute Gasteiger partial charge is 0.492 e. The summed E-state index contributed by atoms with van der Waals surface area (Å²) < 4.78 is 17.1. The zero-order valence-corrected chi connectivity index (χ0v) is 13.1. The van der Waals surface area contributed by atoms with Crippen LogP contribution in [0.1, 0.15) is 12.6 Å². The van der Waals surface area contributed by atoms with Crippen molar-refractivity contribution in [2.24, 2.45) is 5.92 Å². The molecule has 1 aliphatic rings. The molecule has 1 aliphatic heterocycles. The molecule has 0 radical (unpaired) electrons. The van der Waals surface area contributed by atoms with Gasteiger partial charge >= 0.3 is 0 Å². The molecule has 2 heterocycles. The quantitative estimate of drug-likeness (QED) is 0.610. The highest BCUT2D eigenvalue weighted by atomic mass is 19.1. The van der Waals surface area contributed by atoms with Crippen molar-refractivity contribution < 1.29 is 13.9 Å². The topological polar surface area (TPSA) is 39.2 Å². The van der Waals surface area contributed by atoms with E-state index in [4.69, 9.17) is 4.74 Å². The molecule has 0 saturated carbocycles. The third-order valence-electron chi connectivity index (χ3n) is 3.16. The summed E-state index contributed by atoms with van der Waals surface area (Å²) in [6.45, 7) is 12.1. The molecule has 1 aromatic rings. The van der Waals surface area contributed by atoms with Crippen LogP contribution in [-0.4, -0.2) is 16.9 Å². The Labute approximate surface area is 136 Å². The molecule has 0 bridgehead atoms. The minimum Gasteiger partial charge on any atom is -0.492 e. The van der Waals surface area contributed by atoms with Crippen molar-refractivity contribution in [1.82, 2.24) is 4.98 Å². The third-order valence-corrected chi connectivity index (χ3v) is 3.16. The molecule has 0 amide bonds. The molecule has 2 unspecified atom stereocenters. The third kappa shape index (κ3) is 4.88. The molecule has 0 fully saturated rings. The van der Waals surface area contributed by atoms with Gasteiger partial charge in [0.05, 0.1) is 23.4 Å². The van der Waals surface area contributed by atoms with Crippen LogP contribution >= 0.6 is 0 Å². The van der Waals surface area contributed by atoms with Crippen LogP contribution < -0.4 is 0 Å². The Morgan fingerprint density at radius 2 is 2.04 bits per heavy atom. The molecule has 1 aromatic heterocycles. The van der Waals surface area contributed by atoms with Crippen molar-refractivity contribution in [1.29, 1.82) is 0 Å². The SMILES string of the molecule is C=C/C(F)=C\C.C=CC1OC=C(c2ccccn2)C(=O)C1C=C. The molecule has 0 aromatic carbocycles. The zero-order chi connectivity index (χ0) is 17.2. The first-order valence-electron chi connectivity index (χ1n) is 7.09. The highest BCUT2D eigenvalue weighted by Crippen LogP contribution is 2.27. The van der Waals surface area contributed by atoms with Gasteiger partial charge in [-0.1, -0.05) is 37.5 Å². The van der Waals surface area contributed by atoms with E-state index < -0.39 is 5.92 Å². The van der Waals surface area contributed by atoms with E-state index in [-0.39, 0.29) is 17.7 Å². The van der Waals surface area contributed by atoms with Gasteiger partial charge in [-0.05, 0) is 25.1 Å². The zero-order valence-electron chi connectivity index (χ0n) is 13.1. The number of ketones is 1. The van der Waals surface area contributed by atoms with Crippen LogP contribution in [0.2, 0.25) is 0 Å². The molecule has 4 heteroatoms. The summed E-state index contributed by atoms with van der Waals surface area (Å²) in [7, 11) is 0. The van der Waals surface area contributed by atoms with E-state index in [0.717, 1.165) is 0 Å². The lowest BCUT2D eigenvalue weighted by Gasteiger charge is -2.25. The van der Waals surface area contributed by atoms with Gasteiger partial charge in [-0.2, -0.15) is 0 Å². The van der Waals surface area contributed by atoms with Crippen LogP contribution in [0, 0.1) is 5.92 Å². The van der Waals surface area contributed by atoms with Crippen molar-refractivity contribution in [3.63, 3.8) is 0 Å². The molecular formula is C19H20FNO2. The van der Waals surface area contributed by atoms with Crippen molar-refractivity contribution in [3.05, 3.63) is 86.2 Å². The summed E-state index contributed by atoms with van der Waals surface area (Å²) >= 11 is 0. The maximum atomic E-state index is 12.2. The second kappa shape index (κ2) is 9.30. The van der Waals surface area contributed by atoms with Crippen LogP contribution in [0.4, 0.5) is 4.39 Å². The van der Waals surface area contributed by atoms with E-state index in [9.17, 15) is 9.18 Å². The van der Waals surface area contributed by atoms with Gasteiger partial charge in [0, 0.05) is 6.20 Å². The summed E-state index contributed by atoms with van der Waals surface area (Å²) in [5, 5.41) is 0. The Morgan fingerprint density at radius 1 is 1.30 bits per heavy atom. The number of ether oxygens (including phenoxy) is 1. The Morgan fingerprint density at radius 3 is 2.48 bits per heavy atom. The fourth-order valence-electron chi connectivity index (χ4n) is 1.89. The van der Waals surface area contributed by atoms with Crippen LogP contribution in [-0.2, 0) is 9.53 Å². The molecule has 0 saturated heterocycles. The van der Waals surface area contributed by atoms with E-state index in [1.807, 2.05) is 6.07 Å². The van der Waals surface area contributed by atoms with Gasteiger partial charge in [-0.25, -0.2) is 4.39 Å². The summed E-state index contributed by atoms with van der Waals surface area (Å²) in [5.41, 5.74) is 1.10. The molecule has 0 spiro atoms. The predicted molar refractivity (Wildman–Crippen MR) is 91.0 cm³/mol. The molecule has 0 aliphatic carbocycles. The fraction of sp³-hybridized carbons (Fsp3) is 0.158. The first-order valence-corrected chi connectivity index (χ1v) is 7.09. The maximum absolute atomic E-state index is 12.2. The van der Waals surface area contributed by atoms with Gasteiger partial charge < -0.3 is 4.74 Å². The molecule has 23 heavy (non-hydrogen) atoms. The number of allylic oxidation sites excluding steroid dienone is 4. The average Bonchev–Trinajstić information content (AvgIpc) is 2.61. The highest BCUT2D eigenvalue weighted by Gasteiger charge is 2.32. The molecule has 2 rings (SSSR count). The monoisotopic (exact) mass is 313 g/mol. The normalized spacial score (nSPS) is 20.3. The fourth-order valence-corrected chi connectivity index (χ4v) is 1.89. The number of carbonyl (C=O) groups is 1. The van der Waals surface area contributed by atoms with Gasteiger partial charge in [0.2, 0.25) is 0 Å². The standard InChI is InChI=1S/C14H13NO2.C5H7F/c1-3-10-13(4-2)17-9-11(14(10)16)12-7-5-6-8-15-12;1-3-5(6)4-2/h3-10,13H,1-2H2;3-4H,1H2,2H3/b;5-4+. The van der Waals surface area contributed by atoms with Gasteiger partial charge in [0.25, 0.3) is 0 Å². The van der Waals surface area contributed by atoms with Crippen LogP contribution in [0.15, 0.2) is 80.5 Å². The maximum Gasteiger partial charge on any atom is 0.179 e. The van der Waals surface area contributed by atoms with Crippen LogP contribution in [0.25, 0.3) is 5.57 Å². The van der Waals surface area contributed by atoms with Crippen molar-refractivity contribution >= 4 is 11.4 Å². The summed E-state index contributed by atoms with van der Waals surface area (Å²) in [4.78, 5) is 16.4.